The van der Waals surface area contributed by atoms with Crippen LogP contribution in [-0.2, 0) is 0 Å². The van der Waals surface area contributed by atoms with E-state index in [0.29, 0.717) is 0 Å². The first-order valence-corrected chi connectivity index (χ1v) is 8.80. The summed E-state index contributed by atoms with van der Waals surface area (Å²) in [4.78, 5) is 0. The fraction of sp³-hybridized carbons (Fsp3) is 0. The maximum absolute atomic E-state index is 2.42. The summed E-state index contributed by atoms with van der Waals surface area (Å²) >= 11 is 0.0942. The van der Waals surface area contributed by atoms with Gasteiger partial charge < -0.3 is 0 Å². The van der Waals surface area contributed by atoms with Gasteiger partial charge in [0.05, 0.1) is 0 Å². The van der Waals surface area contributed by atoms with E-state index in [1.54, 1.807) is 6.80 Å². The van der Waals surface area contributed by atoms with Gasteiger partial charge in [0.25, 0.3) is 0 Å². The summed E-state index contributed by atoms with van der Waals surface area (Å²) in [6.07, 6.45) is 0. The third kappa shape index (κ3) is 1.11. The molecule has 0 saturated heterocycles. The van der Waals surface area contributed by atoms with Gasteiger partial charge in [0.1, 0.15) is 0 Å². The summed E-state index contributed by atoms with van der Waals surface area (Å²) in [6, 6.07) is 9.45. The third-order valence-corrected chi connectivity index (χ3v) is 7.05. The van der Waals surface area contributed by atoms with Crippen LogP contribution in [0.3, 0.4) is 0 Å². The van der Waals surface area contributed by atoms with Crippen molar-refractivity contribution in [2.45, 2.75) is 0 Å². The minimum atomic E-state index is 0.0471. The topological polar surface area (TPSA) is 0 Å². The number of rotatable bonds is 0. The van der Waals surface area contributed by atoms with Gasteiger partial charge in [-0.25, -0.2) is 0 Å². The Labute approximate surface area is 90.0 Å². The second-order valence-electron chi connectivity index (χ2n) is 2.77. The quantitative estimate of drug-likeness (QED) is 0.524. The fourth-order valence-corrected chi connectivity index (χ4v) is 6.09. The molecule has 3 rings (SSSR count). The molecule has 0 aliphatic heterocycles. The Morgan fingerprint density at radius 2 is 1.25 bits per heavy atom. The molecule has 1 aromatic carbocycles. The van der Waals surface area contributed by atoms with Crippen LogP contribution in [0.2, 0.25) is 0 Å². The van der Waals surface area contributed by atoms with Gasteiger partial charge in [0.2, 0.25) is 0 Å². The van der Waals surface area contributed by atoms with Gasteiger partial charge in [-0.3, -0.25) is 0 Å². The number of hydrogen-bond acceptors (Lipinski definition) is 0. The summed E-state index contributed by atoms with van der Waals surface area (Å²) in [7, 11) is 0. The van der Waals surface area contributed by atoms with Crippen LogP contribution in [0.1, 0.15) is 0 Å². The molecule has 0 aliphatic carbocycles. The van der Waals surface area contributed by atoms with Crippen LogP contribution in [0.5, 0.6) is 0 Å². The van der Waals surface area contributed by atoms with Crippen LogP contribution in [0, 0.1) is 0 Å². The van der Waals surface area contributed by atoms with Gasteiger partial charge in [0, 0.05) is 0 Å². The van der Waals surface area contributed by atoms with Gasteiger partial charge >= 0.3 is 90.9 Å². The van der Waals surface area contributed by atoms with E-state index in [-0.39, 0.29) is 40.9 Å². The van der Waals surface area contributed by atoms with Crippen molar-refractivity contribution in [2.24, 2.45) is 0 Å². The second-order valence-corrected chi connectivity index (χ2v) is 8.18. The zero-order valence-electron chi connectivity index (χ0n) is 6.28. The van der Waals surface area contributed by atoms with E-state index in [2.05, 4.69) is 32.4 Å². The fourth-order valence-electron chi connectivity index (χ4n) is 1.42. The first-order valence-electron chi connectivity index (χ1n) is 3.78. The van der Waals surface area contributed by atoms with Crippen molar-refractivity contribution < 1.29 is 0 Å². The normalized spacial score (nSPS) is 11.3. The van der Waals surface area contributed by atoms with Gasteiger partial charge in [-0.1, -0.05) is 0 Å². The van der Waals surface area contributed by atoms with Gasteiger partial charge in [-0.15, -0.1) is 0 Å². The molecular weight excluding hydrogens is 375 g/mol. The number of hydrogen-bond donors (Lipinski definition) is 0. The molecule has 0 aliphatic rings. The minimum absolute atomic E-state index is 0.0471. The molecule has 58 valence electrons. The van der Waals surface area contributed by atoms with E-state index in [1.807, 2.05) is 0 Å². The Balaban J connectivity index is 2.62. The molecule has 0 radical (unpaired) electrons. The molecule has 3 aromatic rings. The second kappa shape index (κ2) is 2.90. The predicted octanol–water partition coefficient (Wildman–Crippen LogP) is 2.11. The Bertz CT molecular complexity index is 440. The van der Waals surface area contributed by atoms with E-state index < -0.39 is 0 Å². The summed E-state index contributed by atoms with van der Waals surface area (Å²) in [6.45, 7) is 0. The molecule has 0 spiro atoms. The van der Waals surface area contributed by atoms with E-state index in [0.717, 1.165) is 0 Å². The molecule has 2 heterocycles. The first kappa shape index (κ1) is 7.66. The molecule has 0 saturated carbocycles. The molecule has 0 atom stereocenters. The first-order chi connectivity index (χ1) is 5.93. The monoisotopic (exact) mass is 386 g/mol. The van der Waals surface area contributed by atoms with E-state index in [4.69, 9.17) is 0 Å². The molecule has 2 aromatic heterocycles. The maximum atomic E-state index is 2.42. The zero-order chi connectivity index (χ0) is 7.97. The predicted molar refractivity (Wildman–Crippen MR) is 55.3 cm³/mol. The van der Waals surface area contributed by atoms with Crippen LogP contribution in [-0.4, -0.2) is 40.9 Å². The van der Waals surface area contributed by atoms with E-state index in [1.165, 1.54) is 10.8 Å². The molecule has 0 nitrogen and oxygen atoms in total. The number of benzene rings is 1. The summed E-state index contributed by atoms with van der Waals surface area (Å²) < 4.78 is 8.04. The van der Waals surface area contributed by atoms with E-state index in [9.17, 15) is 0 Å². The van der Waals surface area contributed by atoms with Crippen molar-refractivity contribution in [3.8, 4) is 0 Å². The van der Waals surface area contributed by atoms with Crippen LogP contribution < -0.4 is 0 Å². The Morgan fingerprint density at radius 3 is 1.75 bits per heavy atom. The summed E-state index contributed by atoms with van der Waals surface area (Å²) in [5, 5.41) is 3.04. The standard InChI is InChI=1S/C10H6Te2/c1-3-11-9-6-8-2-4-12-10(8)5-7(1)9/h1-6H. The van der Waals surface area contributed by atoms with Crippen molar-refractivity contribution in [1.29, 1.82) is 0 Å². The molecule has 12 heavy (non-hydrogen) atoms. The molecule has 0 bridgehead atoms. The Morgan fingerprint density at radius 1 is 0.750 bits per heavy atom. The molecule has 0 unspecified atom stereocenters. The molecular formula is C10H6Te2. The zero-order valence-corrected chi connectivity index (χ0v) is 10.9. The molecule has 0 fully saturated rings. The van der Waals surface area contributed by atoms with Crippen molar-refractivity contribution in [2.75, 3.05) is 0 Å². The van der Waals surface area contributed by atoms with Gasteiger partial charge in [-0.05, 0) is 0 Å². The Kier molecular flexibility index (Phi) is 1.85. The van der Waals surface area contributed by atoms with Crippen LogP contribution in [0.25, 0.3) is 17.6 Å². The molecule has 0 N–H and O–H groups in total. The Hall–Kier alpha value is 0.279. The summed E-state index contributed by atoms with van der Waals surface area (Å²) in [5.41, 5.74) is 0. The summed E-state index contributed by atoms with van der Waals surface area (Å²) in [5.74, 6) is 0. The van der Waals surface area contributed by atoms with Crippen molar-refractivity contribution in [1.82, 2.24) is 0 Å². The van der Waals surface area contributed by atoms with Crippen molar-refractivity contribution >= 4 is 58.4 Å². The van der Waals surface area contributed by atoms with E-state index >= 15 is 0 Å². The van der Waals surface area contributed by atoms with Crippen LogP contribution in [0.15, 0.2) is 32.4 Å². The van der Waals surface area contributed by atoms with Gasteiger partial charge in [-0.2, -0.15) is 0 Å². The van der Waals surface area contributed by atoms with Crippen molar-refractivity contribution in [3.05, 3.63) is 32.4 Å². The molecule has 0 amide bonds. The number of fused-ring (bicyclic) bond motifs is 2. The third-order valence-electron chi connectivity index (χ3n) is 2.03. The van der Waals surface area contributed by atoms with Crippen molar-refractivity contribution in [3.63, 3.8) is 0 Å². The average Bonchev–Trinajstić information content (AvgIpc) is 2.64. The van der Waals surface area contributed by atoms with Gasteiger partial charge in [0.15, 0.2) is 0 Å². The SMILES string of the molecule is c1cc2cc3[te]ccc3cc2[te]1. The average molecular weight is 381 g/mol. The van der Waals surface area contributed by atoms with Crippen LogP contribution >= 0.6 is 0 Å². The van der Waals surface area contributed by atoms with Crippen LogP contribution in [0.4, 0.5) is 0 Å². The molecule has 2 heteroatoms.